The third-order valence-electron chi connectivity index (χ3n) is 2.42. The molecule has 0 aliphatic carbocycles. The molecular weight excluding hydrogens is 248 g/mol. The van der Waals surface area contributed by atoms with Crippen molar-refractivity contribution in [3.05, 3.63) is 34.8 Å². The standard InChI is InChI=1S/C12H16N4OS/c1-10(17)15-11-3-8-18-12(11)9-13-5-7-16-6-2-4-14-16/h2-4,6,8,13H,5,7,9H2,1H3,(H,15,17). The molecule has 0 aliphatic heterocycles. The maximum atomic E-state index is 11.0. The number of thiophene rings is 1. The highest BCUT2D eigenvalue weighted by Crippen LogP contribution is 2.21. The van der Waals surface area contributed by atoms with Gasteiger partial charge in [-0.05, 0) is 17.5 Å². The molecule has 2 aromatic heterocycles. The van der Waals surface area contributed by atoms with Gasteiger partial charge in [0.15, 0.2) is 0 Å². The average molecular weight is 264 g/mol. The number of carbonyl (C=O) groups is 1. The van der Waals surface area contributed by atoms with Crippen molar-refractivity contribution in [3.63, 3.8) is 0 Å². The second-order valence-corrected chi connectivity index (χ2v) is 4.89. The fraction of sp³-hybridized carbons (Fsp3) is 0.333. The van der Waals surface area contributed by atoms with Crippen LogP contribution in [0.1, 0.15) is 11.8 Å². The lowest BCUT2D eigenvalue weighted by Gasteiger charge is -2.06. The molecule has 0 spiro atoms. The van der Waals surface area contributed by atoms with E-state index in [2.05, 4.69) is 15.7 Å². The summed E-state index contributed by atoms with van der Waals surface area (Å²) in [5, 5.41) is 12.3. The van der Waals surface area contributed by atoms with Crippen LogP contribution >= 0.6 is 11.3 Å². The van der Waals surface area contributed by atoms with Crippen LogP contribution in [0, 0.1) is 0 Å². The summed E-state index contributed by atoms with van der Waals surface area (Å²) >= 11 is 1.64. The van der Waals surface area contributed by atoms with E-state index in [-0.39, 0.29) is 5.91 Å². The maximum absolute atomic E-state index is 11.0. The predicted octanol–water partition coefficient (Wildman–Crippen LogP) is 1.69. The number of nitrogens with one attached hydrogen (secondary N) is 2. The molecule has 2 rings (SSSR count). The molecule has 0 aliphatic rings. The zero-order valence-electron chi connectivity index (χ0n) is 10.2. The first kappa shape index (κ1) is 12.8. The van der Waals surface area contributed by atoms with Crippen molar-refractivity contribution in [1.29, 1.82) is 0 Å². The monoisotopic (exact) mass is 264 g/mol. The van der Waals surface area contributed by atoms with Gasteiger partial charge < -0.3 is 10.6 Å². The third-order valence-corrected chi connectivity index (χ3v) is 3.34. The molecule has 18 heavy (non-hydrogen) atoms. The summed E-state index contributed by atoms with van der Waals surface area (Å²) in [5.74, 6) is -0.0359. The lowest BCUT2D eigenvalue weighted by Crippen LogP contribution is -2.20. The number of carbonyl (C=O) groups excluding carboxylic acids is 1. The molecule has 5 nitrogen and oxygen atoms in total. The first-order valence-electron chi connectivity index (χ1n) is 5.78. The van der Waals surface area contributed by atoms with Gasteiger partial charge in [-0.3, -0.25) is 9.48 Å². The molecule has 0 saturated carbocycles. The van der Waals surface area contributed by atoms with E-state index >= 15 is 0 Å². The fourth-order valence-electron chi connectivity index (χ4n) is 1.61. The Kier molecular flexibility index (Phi) is 4.49. The van der Waals surface area contributed by atoms with Gasteiger partial charge in [-0.25, -0.2) is 0 Å². The van der Waals surface area contributed by atoms with Crippen molar-refractivity contribution in [3.8, 4) is 0 Å². The number of nitrogens with zero attached hydrogens (tertiary/aromatic N) is 2. The quantitative estimate of drug-likeness (QED) is 0.781. The van der Waals surface area contributed by atoms with Gasteiger partial charge in [-0.15, -0.1) is 11.3 Å². The SMILES string of the molecule is CC(=O)Nc1ccsc1CNCCn1cccn1. The molecule has 0 fully saturated rings. The van der Waals surface area contributed by atoms with Crippen molar-refractivity contribution in [1.82, 2.24) is 15.1 Å². The number of rotatable bonds is 6. The van der Waals surface area contributed by atoms with E-state index in [4.69, 9.17) is 0 Å². The van der Waals surface area contributed by atoms with Gasteiger partial charge in [0, 0.05) is 37.3 Å². The maximum Gasteiger partial charge on any atom is 0.221 e. The molecule has 2 N–H and O–H groups in total. The Labute approximate surface area is 110 Å². The Balaban J connectivity index is 1.76. The first-order chi connectivity index (χ1) is 8.75. The van der Waals surface area contributed by atoms with Crippen LogP contribution in [0.2, 0.25) is 0 Å². The minimum absolute atomic E-state index is 0.0359. The van der Waals surface area contributed by atoms with Gasteiger partial charge in [-0.1, -0.05) is 0 Å². The smallest absolute Gasteiger partial charge is 0.221 e. The lowest BCUT2D eigenvalue weighted by molar-refractivity contribution is -0.114. The van der Waals surface area contributed by atoms with E-state index in [1.807, 2.05) is 28.4 Å². The Morgan fingerprint density at radius 3 is 3.17 bits per heavy atom. The van der Waals surface area contributed by atoms with Gasteiger partial charge >= 0.3 is 0 Å². The number of anilines is 1. The fourth-order valence-corrected chi connectivity index (χ4v) is 2.41. The van der Waals surface area contributed by atoms with Crippen molar-refractivity contribution < 1.29 is 4.79 Å². The van der Waals surface area contributed by atoms with E-state index in [1.165, 1.54) is 6.92 Å². The van der Waals surface area contributed by atoms with Crippen LogP contribution in [0.5, 0.6) is 0 Å². The highest BCUT2D eigenvalue weighted by Gasteiger charge is 2.04. The number of aromatic nitrogens is 2. The van der Waals surface area contributed by atoms with Crippen LogP contribution in [-0.2, 0) is 17.9 Å². The van der Waals surface area contributed by atoms with Gasteiger partial charge in [0.05, 0.1) is 12.2 Å². The summed E-state index contributed by atoms with van der Waals surface area (Å²) in [4.78, 5) is 12.2. The number of amides is 1. The second-order valence-electron chi connectivity index (χ2n) is 3.88. The van der Waals surface area contributed by atoms with Crippen LogP contribution in [0.25, 0.3) is 0 Å². The van der Waals surface area contributed by atoms with Gasteiger partial charge in [-0.2, -0.15) is 5.10 Å². The van der Waals surface area contributed by atoms with Crippen molar-refractivity contribution in [2.24, 2.45) is 0 Å². The molecule has 0 aromatic carbocycles. The van der Waals surface area contributed by atoms with Crippen LogP contribution < -0.4 is 10.6 Å². The van der Waals surface area contributed by atoms with E-state index < -0.39 is 0 Å². The molecule has 96 valence electrons. The number of hydrogen-bond acceptors (Lipinski definition) is 4. The molecule has 0 atom stereocenters. The minimum atomic E-state index is -0.0359. The van der Waals surface area contributed by atoms with E-state index in [9.17, 15) is 4.79 Å². The zero-order chi connectivity index (χ0) is 12.8. The first-order valence-corrected chi connectivity index (χ1v) is 6.66. The van der Waals surface area contributed by atoms with Crippen LogP contribution in [-0.4, -0.2) is 22.2 Å². The van der Waals surface area contributed by atoms with Gasteiger partial charge in [0.2, 0.25) is 5.91 Å². The average Bonchev–Trinajstić information content (AvgIpc) is 2.95. The summed E-state index contributed by atoms with van der Waals surface area (Å²) in [6.45, 7) is 3.97. The predicted molar refractivity (Wildman–Crippen MR) is 72.6 cm³/mol. The Bertz CT molecular complexity index is 492. The van der Waals surface area contributed by atoms with E-state index in [0.717, 1.165) is 30.2 Å². The highest BCUT2D eigenvalue weighted by molar-refractivity contribution is 7.10. The highest BCUT2D eigenvalue weighted by atomic mass is 32.1. The topological polar surface area (TPSA) is 59.0 Å². The summed E-state index contributed by atoms with van der Waals surface area (Å²) in [6.07, 6.45) is 3.71. The molecule has 2 aromatic rings. The summed E-state index contributed by atoms with van der Waals surface area (Å²) in [5.41, 5.74) is 0.902. The van der Waals surface area contributed by atoms with Crippen LogP contribution in [0.3, 0.4) is 0 Å². The zero-order valence-corrected chi connectivity index (χ0v) is 11.0. The molecule has 0 saturated heterocycles. The Hall–Kier alpha value is -1.66. The largest absolute Gasteiger partial charge is 0.325 e. The lowest BCUT2D eigenvalue weighted by atomic mass is 10.3. The van der Waals surface area contributed by atoms with E-state index in [0.29, 0.717) is 0 Å². The number of hydrogen-bond donors (Lipinski definition) is 2. The Morgan fingerprint density at radius 1 is 1.56 bits per heavy atom. The molecule has 1 amide bonds. The van der Waals surface area contributed by atoms with Crippen molar-refractivity contribution >= 4 is 22.9 Å². The molecular formula is C12H16N4OS. The van der Waals surface area contributed by atoms with Gasteiger partial charge in [0.25, 0.3) is 0 Å². The summed E-state index contributed by atoms with van der Waals surface area (Å²) in [7, 11) is 0. The molecule has 0 unspecified atom stereocenters. The Morgan fingerprint density at radius 2 is 2.44 bits per heavy atom. The summed E-state index contributed by atoms with van der Waals surface area (Å²) in [6, 6.07) is 3.84. The second kappa shape index (κ2) is 6.32. The van der Waals surface area contributed by atoms with Crippen molar-refractivity contribution in [2.45, 2.75) is 20.0 Å². The molecule has 6 heteroatoms. The molecule has 2 heterocycles. The van der Waals surface area contributed by atoms with Crippen LogP contribution in [0.4, 0.5) is 5.69 Å². The van der Waals surface area contributed by atoms with E-state index in [1.54, 1.807) is 17.5 Å². The van der Waals surface area contributed by atoms with Crippen LogP contribution in [0.15, 0.2) is 29.9 Å². The normalized spacial score (nSPS) is 10.5. The molecule has 0 radical (unpaired) electrons. The minimum Gasteiger partial charge on any atom is -0.325 e. The van der Waals surface area contributed by atoms with Gasteiger partial charge in [0.1, 0.15) is 0 Å². The third kappa shape index (κ3) is 3.68. The summed E-state index contributed by atoms with van der Waals surface area (Å²) < 4.78 is 1.89. The molecule has 0 bridgehead atoms. The van der Waals surface area contributed by atoms with Crippen molar-refractivity contribution in [2.75, 3.05) is 11.9 Å².